The van der Waals surface area contributed by atoms with Gasteiger partial charge >= 0.3 is 0 Å². The molecule has 4 heteroatoms. The van der Waals surface area contributed by atoms with E-state index in [0.717, 1.165) is 43.1 Å². The van der Waals surface area contributed by atoms with Gasteiger partial charge in [0, 0.05) is 19.2 Å². The first kappa shape index (κ1) is 18.6. The van der Waals surface area contributed by atoms with Crippen LogP contribution in [0.5, 0.6) is 11.5 Å². The highest BCUT2D eigenvalue weighted by atomic mass is 16.5. The number of hydrogen-bond donors (Lipinski definition) is 2. The second kappa shape index (κ2) is 11.0. The molecule has 4 nitrogen and oxygen atoms in total. The molecular weight excluding hydrogens is 300 g/mol. The molecular formula is C20H32N2O2. The van der Waals surface area contributed by atoms with Crippen molar-refractivity contribution in [3.05, 3.63) is 23.8 Å². The van der Waals surface area contributed by atoms with Crippen LogP contribution < -0.4 is 10.1 Å². The molecule has 0 radical (unpaired) electrons. The zero-order valence-corrected chi connectivity index (χ0v) is 15.0. The van der Waals surface area contributed by atoms with Crippen LogP contribution >= 0.6 is 0 Å². The molecule has 0 saturated carbocycles. The van der Waals surface area contributed by atoms with Gasteiger partial charge in [0.25, 0.3) is 0 Å². The highest BCUT2D eigenvalue weighted by Crippen LogP contribution is 2.24. The fraction of sp³-hybridized carbons (Fsp3) is 0.650. The molecule has 0 unspecified atom stereocenters. The van der Waals surface area contributed by atoms with E-state index >= 15 is 0 Å². The van der Waals surface area contributed by atoms with Crippen molar-refractivity contribution in [1.82, 2.24) is 5.32 Å². The Hall–Kier alpha value is -1.71. The lowest BCUT2D eigenvalue weighted by atomic mass is 10.1. The Labute approximate surface area is 146 Å². The summed E-state index contributed by atoms with van der Waals surface area (Å²) in [6.45, 7) is 4.70. The average molecular weight is 332 g/mol. The average Bonchev–Trinajstić information content (AvgIpc) is 2.61. The Morgan fingerprint density at radius 3 is 2.50 bits per heavy atom. The van der Waals surface area contributed by atoms with E-state index in [-0.39, 0.29) is 5.75 Å². The molecule has 2 rings (SSSR count). The number of rotatable bonds is 11. The first-order chi connectivity index (χ1) is 11.8. The lowest BCUT2D eigenvalue weighted by molar-refractivity contribution is 0.302. The summed E-state index contributed by atoms with van der Waals surface area (Å²) in [4.78, 5) is 4.42. The summed E-state index contributed by atoms with van der Waals surface area (Å²) in [5, 5.41) is 13.4. The second-order valence-corrected chi connectivity index (χ2v) is 6.51. The SMILES string of the molecule is CCCCCCCCCCOc1ccc(C2=NCCCN2)c(O)c1. The molecule has 1 aliphatic heterocycles. The summed E-state index contributed by atoms with van der Waals surface area (Å²) in [5.41, 5.74) is 0.758. The maximum Gasteiger partial charge on any atom is 0.132 e. The number of amidine groups is 1. The largest absolute Gasteiger partial charge is 0.507 e. The lowest BCUT2D eigenvalue weighted by Gasteiger charge is -2.16. The maximum absolute atomic E-state index is 10.2. The summed E-state index contributed by atoms with van der Waals surface area (Å²) in [6.07, 6.45) is 11.4. The first-order valence-corrected chi connectivity index (χ1v) is 9.55. The van der Waals surface area contributed by atoms with Gasteiger partial charge in [-0.15, -0.1) is 0 Å². The predicted molar refractivity (Wildman–Crippen MR) is 100 cm³/mol. The first-order valence-electron chi connectivity index (χ1n) is 9.55. The molecule has 1 aromatic rings. The lowest BCUT2D eigenvalue weighted by Crippen LogP contribution is -2.30. The smallest absolute Gasteiger partial charge is 0.132 e. The Balaban J connectivity index is 1.65. The number of phenolic OH excluding ortho intramolecular Hbond substituents is 1. The van der Waals surface area contributed by atoms with E-state index in [1.807, 2.05) is 12.1 Å². The molecule has 1 heterocycles. The monoisotopic (exact) mass is 332 g/mol. The molecule has 24 heavy (non-hydrogen) atoms. The molecule has 0 bridgehead atoms. The highest BCUT2D eigenvalue weighted by molar-refractivity contribution is 6.01. The van der Waals surface area contributed by atoms with Crippen molar-refractivity contribution in [3.8, 4) is 11.5 Å². The van der Waals surface area contributed by atoms with Crippen LogP contribution in [0.4, 0.5) is 0 Å². The Morgan fingerprint density at radius 1 is 1.08 bits per heavy atom. The molecule has 0 saturated heterocycles. The van der Waals surface area contributed by atoms with Gasteiger partial charge in [-0.3, -0.25) is 4.99 Å². The zero-order valence-electron chi connectivity index (χ0n) is 15.0. The quantitative estimate of drug-likeness (QED) is 0.580. The molecule has 1 aromatic carbocycles. The number of ether oxygens (including phenoxy) is 1. The fourth-order valence-corrected chi connectivity index (χ4v) is 2.94. The topological polar surface area (TPSA) is 53.8 Å². The number of aliphatic imine (C=N–C) groups is 1. The van der Waals surface area contributed by atoms with Gasteiger partial charge in [-0.05, 0) is 25.0 Å². The standard InChI is InChI=1S/C20H32N2O2/c1-2-3-4-5-6-7-8-9-15-24-17-11-12-18(19(23)16-17)20-21-13-10-14-22-20/h11-12,16,23H,2-10,13-15H2,1H3,(H,21,22). The number of aromatic hydroxyl groups is 1. The Kier molecular flexibility index (Phi) is 8.50. The molecule has 1 aliphatic rings. The molecule has 0 fully saturated rings. The van der Waals surface area contributed by atoms with Crippen molar-refractivity contribution in [1.29, 1.82) is 0 Å². The molecule has 0 amide bonds. The van der Waals surface area contributed by atoms with Gasteiger partial charge in [0.05, 0.1) is 12.2 Å². The van der Waals surface area contributed by atoms with Crippen LogP contribution in [0, 0.1) is 0 Å². The van der Waals surface area contributed by atoms with Crippen LogP contribution in [0.1, 0.15) is 70.3 Å². The van der Waals surface area contributed by atoms with Gasteiger partial charge in [0.15, 0.2) is 0 Å². The van der Waals surface area contributed by atoms with Crippen LogP contribution in [-0.2, 0) is 0 Å². The minimum Gasteiger partial charge on any atom is -0.507 e. The van der Waals surface area contributed by atoms with Crippen molar-refractivity contribution in [2.45, 2.75) is 64.7 Å². The third-order valence-corrected chi connectivity index (χ3v) is 4.39. The van der Waals surface area contributed by atoms with Crippen molar-refractivity contribution < 1.29 is 9.84 Å². The van der Waals surface area contributed by atoms with Gasteiger partial charge in [0.2, 0.25) is 0 Å². The summed E-state index contributed by atoms with van der Waals surface area (Å²) in [6, 6.07) is 5.49. The normalized spacial score (nSPS) is 14.1. The minimum atomic E-state index is 0.233. The van der Waals surface area contributed by atoms with E-state index in [1.165, 1.54) is 44.9 Å². The number of hydrogen-bond acceptors (Lipinski definition) is 4. The number of unbranched alkanes of at least 4 members (excludes halogenated alkanes) is 7. The molecule has 2 N–H and O–H groups in total. The van der Waals surface area contributed by atoms with E-state index in [0.29, 0.717) is 6.61 Å². The number of nitrogens with zero attached hydrogens (tertiary/aromatic N) is 1. The van der Waals surface area contributed by atoms with Crippen LogP contribution in [-0.4, -0.2) is 30.6 Å². The number of benzene rings is 1. The zero-order chi connectivity index (χ0) is 17.0. The highest BCUT2D eigenvalue weighted by Gasteiger charge is 2.12. The summed E-state index contributed by atoms with van der Waals surface area (Å²) < 4.78 is 5.75. The number of phenols is 1. The Bertz CT molecular complexity index is 514. The van der Waals surface area contributed by atoms with E-state index in [2.05, 4.69) is 17.2 Å². The van der Waals surface area contributed by atoms with Gasteiger partial charge in [-0.1, -0.05) is 51.9 Å². The van der Waals surface area contributed by atoms with Crippen molar-refractivity contribution in [2.24, 2.45) is 4.99 Å². The van der Waals surface area contributed by atoms with Gasteiger partial charge in [0.1, 0.15) is 17.3 Å². The third kappa shape index (κ3) is 6.42. The van der Waals surface area contributed by atoms with Gasteiger partial charge < -0.3 is 15.2 Å². The van der Waals surface area contributed by atoms with E-state index in [1.54, 1.807) is 6.07 Å². The molecule has 134 valence electrons. The summed E-state index contributed by atoms with van der Waals surface area (Å²) in [5.74, 6) is 1.75. The van der Waals surface area contributed by atoms with Crippen LogP contribution in [0.15, 0.2) is 23.2 Å². The van der Waals surface area contributed by atoms with Crippen molar-refractivity contribution in [3.63, 3.8) is 0 Å². The fourth-order valence-electron chi connectivity index (χ4n) is 2.94. The van der Waals surface area contributed by atoms with Crippen LogP contribution in [0.25, 0.3) is 0 Å². The summed E-state index contributed by atoms with van der Waals surface area (Å²) >= 11 is 0. The summed E-state index contributed by atoms with van der Waals surface area (Å²) in [7, 11) is 0. The van der Waals surface area contributed by atoms with E-state index in [9.17, 15) is 5.11 Å². The molecule has 0 aromatic heterocycles. The van der Waals surface area contributed by atoms with Gasteiger partial charge in [-0.2, -0.15) is 0 Å². The number of nitrogens with one attached hydrogen (secondary N) is 1. The maximum atomic E-state index is 10.2. The second-order valence-electron chi connectivity index (χ2n) is 6.51. The van der Waals surface area contributed by atoms with E-state index < -0.39 is 0 Å². The Morgan fingerprint density at radius 2 is 1.83 bits per heavy atom. The van der Waals surface area contributed by atoms with Crippen molar-refractivity contribution in [2.75, 3.05) is 19.7 Å². The van der Waals surface area contributed by atoms with Crippen LogP contribution in [0.3, 0.4) is 0 Å². The van der Waals surface area contributed by atoms with E-state index in [4.69, 9.17) is 4.74 Å². The third-order valence-electron chi connectivity index (χ3n) is 4.39. The van der Waals surface area contributed by atoms with Gasteiger partial charge in [-0.25, -0.2) is 0 Å². The molecule has 0 spiro atoms. The predicted octanol–water partition coefficient (Wildman–Crippen LogP) is 4.65. The minimum absolute atomic E-state index is 0.233. The molecule has 0 aliphatic carbocycles. The van der Waals surface area contributed by atoms with Crippen LogP contribution in [0.2, 0.25) is 0 Å². The van der Waals surface area contributed by atoms with Crippen molar-refractivity contribution >= 4 is 5.84 Å². The molecule has 0 atom stereocenters.